The van der Waals surface area contributed by atoms with E-state index in [1.54, 1.807) is 13.8 Å². The Hall–Kier alpha value is 0.350. The van der Waals surface area contributed by atoms with Gasteiger partial charge in [-0.3, -0.25) is 4.90 Å². The molecule has 0 rings (SSSR count). The molecule has 0 aliphatic heterocycles. The van der Waals surface area contributed by atoms with Gasteiger partial charge in [0.25, 0.3) is 0 Å². The highest BCUT2D eigenvalue weighted by atomic mass is 35.5. The van der Waals surface area contributed by atoms with Crippen molar-refractivity contribution < 1.29 is 5.11 Å². The maximum atomic E-state index is 9.35. The van der Waals surface area contributed by atoms with Crippen LogP contribution in [0.4, 0.5) is 0 Å². The SMILES string of the molecule is CC(C)(O)C#CCN(CCCl)CCCl.Cl. The topological polar surface area (TPSA) is 23.5 Å². The Labute approximate surface area is 108 Å². The fourth-order valence-electron chi connectivity index (χ4n) is 0.877. The minimum Gasteiger partial charge on any atom is -0.378 e. The number of rotatable bonds is 5. The summed E-state index contributed by atoms with van der Waals surface area (Å²) in [6.07, 6.45) is 0. The first kappa shape index (κ1) is 17.7. The Kier molecular flexibility index (Phi) is 11.3. The minimum atomic E-state index is -0.923. The van der Waals surface area contributed by atoms with E-state index in [-0.39, 0.29) is 12.4 Å². The minimum absolute atomic E-state index is 0. The van der Waals surface area contributed by atoms with Crippen molar-refractivity contribution in [2.75, 3.05) is 31.4 Å². The lowest BCUT2D eigenvalue weighted by molar-refractivity contribution is 0.143. The Balaban J connectivity index is 0. The van der Waals surface area contributed by atoms with Crippen molar-refractivity contribution in [2.24, 2.45) is 0 Å². The molecule has 1 N–H and O–H groups in total. The van der Waals surface area contributed by atoms with Crippen LogP contribution in [0.5, 0.6) is 0 Å². The number of hydrogen-bond acceptors (Lipinski definition) is 2. The molecule has 0 saturated carbocycles. The van der Waals surface area contributed by atoms with Gasteiger partial charge in [0.05, 0.1) is 6.54 Å². The van der Waals surface area contributed by atoms with Crippen LogP contribution in [0.3, 0.4) is 0 Å². The van der Waals surface area contributed by atoms with E-state index in [1.165, 1.54) is 0 Å². The molecule has 2 nitrogen and oxygen atoms in total. The Bertz CT molecular complexity index is 199. The first-order chi connectivity index (χ1) is 6.49. The second-order valence-corrected chi connectivity index (χ2v) is 4.27. The predicted octanol–water partition coefficient (Wildman–Crippen LogP) is 1.96. The smallest absolute Gasteiger partial charge is 0.120 e. The highest BCUT2D eigenvalue weighted by Crippen LogP contribution is 1.97. The van der Waals surface area contributed by atoms with Crippen LogP contribution >= 0.6 is 35.6 Å². The average Bonchev–Trinajstić information content (AvgIpc) is 2.02. The van der Waals surface area contributed by atoms with Crippen LogP contribution in [0.1, 0.15) is 13.8 Å². The predicted molar refractivity (Wildman–Crippen MR) is 69.2 cm³/mol. The third-order valence-corrected chi connectivity index (χ3v) is 1.84. The summed E-state index contributed by atoms with van der Waals surface area (Å²) in [5.74, 6) is 6.79. The van der Waals surface area contributed by atoms with Gasteiger partial charge >= 0.3 is 0 Å². The molecule has 15 heavy (non-hydrogen) atoms. The molecule has 0 saturated heterocycles. The second-order valence-electron chi connectivity index (χ2n) is 3.51. The van der Waals surface area contributed by atoms with Crippen molar-refractivity contribution in [1.29, 1.82) is 0 Å². The third-order valence-electron chi connectivity index (χ3n) is 1.50. The fourth-order valence-corrected chi connectivity index (χ4v) is 1.35. The molecule has 90 valence electrons. The van der Waals surface area contributed by atoms with Gasteiger partial charge in [0, 0.05) is 24.8 Å². The molecule has 0 atom stereocenters. The van der Waals surface area contributed by atoms with Gasteiger partial charge < -0.3 is 5.11 Å². The van der Waals surface area contributed by atoms with Crippen LogP contribution in [0.25, 0.3) is 0 Å². The molecule has 0 aliphatic rings. The molecular formula is C10H18Cl3NO. The maximum Gasteiger partial charge on any atom is 0.120 e. The van der Waals surface area contributed by atoms with E-state index in [0.29, 0.717) is 18.3 Å². The molecule has 0 bridgehead atoms. The van der Waals surface area contributed by atoms with E-state index < -0.39 is 5.60 Å². The molecule has 0 amide bonds. The lowest BCUT2D eigenvalue weighted by atomic mass is 10.1. The molecule has 0 aliphatic carbocycles. The van der Waals surface area contributed by atoms with Gasteiger partial charge in [-0.15, -0.1) is 35.6 Å². The zero-order valence-electron chi connectivity index (χ0n) is 9.09. The fraction of sp³-hybridized carbons (Fsp3) is 0.800. The summed E-state index contributed by atoms with van der Waals surface area (Å²) >= 11 is 11.2. The van der Waals surface area contributed by atoms with Gasteiger partial charge in [0.15, 0.2) is 0 Å². The maximum absolute atomic E-state index is 9.35. The molecule has 0 aromatic carbocycles. The van der Waals surface area contributed by atoms with Crippen molar-refractivity contribution in [3.8, 4) is 11.8 Å². The van der Waals surface area contributed by atoms with Gasteiger partial charge in [-0.2, -0.15) is 0 Å². The number of halogens is 3. The van der Waals surface area contributed by atoms with E-state index in [9.17, 15) is 5.11 Å². The summed E-state index contributed by atoms with van der Waals surface area (Å²) in [6.45, 7) is 5.47. The second kappa shape index (κ2) is 9.57. The van der Waals surface area contributed by atoms with E-state index in [1.807, 2.05) is 0 Å². The van der Waals surface area contributed by atoms with Gasteiger partial charge in [-0.25, -0.2) is 0 Å². The molecule has 0 aromatic rings. The molecule has 0 heterocycles. The van der Waals surface area contributed by atoms with Crippen LogP contribution in [0, 0.1) is 11.8 Å². The van der Waals surface area contributed by atoms with Gasteiger partial charge in [-0.05, 0) is 13.8 Å². The van der Waals surface area contributed by atoms with Gasteiger partial charge in [0.1, 0.15) is 5.60 Å². The molecule has 5 heteroatoms. The lowest BCUT2D eigenvalue weighted by Gasteiger charge is -2.16. The van der Waals surface area contributed by atoms with Crippen molar-refractivity contribution in [2.45, 2.75) is 19.4 Å². The lowest BCUT2D eigenvalue weighted by Crippen LogP contribution is -2.28. The van der Waals surface area contributed by atoms with Gasteiger partial charge in [0.2, 0.25) is 0 Å². The van der Waals surface area contributed by atoms with Gasteiger partial charge in [-0.1, -0.05) is 11.8 Å². The molecule has 0 fully saturated rings. The highest BCUT2D eigenvalue weighted by Gasteiger charge is 2.06. The monoisotopic (exact) mass is 273 g/mol. The number of hydrogen-bond donors (Lipinski definition) is 1. The summed E-state index contributed by atoms with van der Waals surface area (Å²) in [5, 5.41) is 9.35. The summed E-state index contributed by atoms with van der Waals surface area (Å²) in [5.41, 5.74) is -0.923. The summed E-state index contributed by atoms with van der Waals surface area (Å²) in [7, 11) is 0. The molecule has 0 spiro atoms. The van der Waals surface area contributed by atoms with Crippen molar-refractivity contribution in [1.82, 2.24) is 4.90 Å². The first-order valence-electron chi connectivity index (χ1n) is 4.56. The standard InChI is InChI=1S/C10H17Cl2NO.ClH/c1-10(2,14)4-3-7-13(8-5-11)9-6-12;/h14H,5-9H2,1-2H3;1H. The van der Waals surface area contributed by atoms with E-state index in [2.05, 4.69) is 16.7 Å². The summed E-state index contributed by atoms with van der Waals surface area (Å²) < 4.78 is 0. The largest absolute Gasteiger partial charge is 0.378 e. The first-order valence-corrected chi connectivity index (χ1v) is 5.63. The third kappa shape index (κ3) is 12.3. The molecule has 0 unspecified atom stereocenters. The van der Waals surface area contributed by atoms with Crippen LogP contribution in [-0.2, 0) is 0 Å². The zero-order chi connectivity index (χ0) is 11.0. The van der Waals surface area contributed by atoms with Crippen LogP contribution < -0.4 is 0 Å². The van der Waals surface area contributed by atoms with E-state index in [0.717, 1.165) is 13.1 Å². The molecule has 0 radical (unpaired) electrons. The molecular weight excluding hydrogens is 256 g/mol. The van der Waals surface area contributed by atoms with Crippen LogP contribution in [0.2, 0.25) is 0 Å². The summed E-state index contributed by atoms with van der Waals surface area (Å²) in [4.78, 5) is 2.05. The quantitative estimate of drug-likeness (QED) is 0.612. The van der Waals surface area contributed by atoms with Crippen molar-refractivity contribution in [3.63, 3.8) is 0 Å². The van der Waals surface area contributed by atoms with E-state index in [4.69, 9.17) is 23.2 Å². The molecule has 0 aromatic heterocycles. The normalized spacial score (nSPS) is 10.5. The van der Waals surface area contributed by atoms with Crippen molar-refractivity contribution >= 4 is 35.6 Å². The summed E-state index contributed by atoms with van der Waals surface area (Å²) in [6, 6.07) is 0. The number of alkyl halides is 2. The number of nitrogens with zero attached hydrogens (tertiary/aromatic N) is 1. The van der Waals surface area contributed by atoms with E-state index >= 15 is 0 Å². The Morgan fingerprint density at radius 1 is 1.20 bits per heavy atom. The Morgan fingerprint density at radius 3 is 2.00 bits per heavy atom. The zero-order valence-corrected chi connectivity index (χ0v) is 11.4. The average molecular weight is 275 g/mol. The Morgan fingerprint density at radius 2 is 1.67 bits per heavy atom. The number of aliphatic hydroxyl groups is 1. The van der Waals surface area contributed by atoms with Crippen molar-refractivity contribution in [3.05, 3.63) is 0 Å². The van der Waals surface area contributed by atoms with Crippen LogP contribution in [-0.4, -0.2) is 47.0 Å². The van der Waals surface area contributed by atoms with Crippen LogP contribution in [0.15, 0.2) is 0 Å². The highest BCUT2D eigenvalue weighted by molar-refractivity contribution is 6.18.